The average molecular weight is 421 g/mol. The molecule has 0 spiro atoms. The van der Waals surface area contributed by atoms with Crippen LogP contribution in [0.3, 0.4) is 0 Å². The van der Waals surface area contributed by atoms with Gasteiger partial charge in [0.25, 0.3) is 0 Å². The summed E-state index contributed by atoms with van der Waals surface area (Å²) < 4.78 is 43.8. The highest BCUT2D eigenvalue weighted by Crippen LogP contribution is 2.46. The molecule has 6 nitrogen and oxygen atoms in total. The molecule has 1 saturated carbocycles. The lowest BCUT2D eigenvalue weighted by Gasteiger charge is -2.33. The van der Waals surface area contributed by atoms with Gasteiger partial charge in [-0.3, -0.25) is 0 Å². The third-order valence-corrected chi connectivity index (χ3v) is 5.53. The number of benzene rings is 1. The number of oxazole rings is 1. The molecule has 1 fully saturated rings. The number of halogens is 3. The Labute approximate surface area is 169 Å². The summed E-state index contributed by atoms with van der Waals surface area (Å²) in [7, 11) is 0. The Kier molecular flexibility index (Phi) is 5.35. The molecule has 0 aliphatic heterocycles. The maximum atomic E-state index is 12.9. The smallest absolute Gasteiger partial charge is 0.446 e. The second kappa shape index (κ2) is 7.94. The van der Waals surface area contributed by atoms with E-state index >= 15 is 0 Å². The molecule has 0 saturated heterocycles. The molecule has 152 valence electrons. The van der Waals surface area contributed by atoms with Crippen LogP contribution in [0.1, 0.15) is 36.4 Å². The van der Waals surface area contributed by atoms with Gasteiger partial charge in [0.15, 0.2) is 6.39 Å². The summed E-state index contributed by atoms with van der Waals surface area (Å²) in [5, 5.41) is 0. The van der Waals surface area contributed by atoms with Gasteiger partial charge in [-0.2, -0.15) is 18.2 Å². The lowest BCUT2D eigenvalue weighted by molar-refractivity contribution is -0.0328. The predicted octanol–water partition coefficient (Wildman–Crippen LogP) is 5.26. The molecule has 0 radical (unpaired) electrons. The third kappa shape index (κ3) is 4.64. The van der Waals surface area contributed by atoms with Crippen molar-refractivity contribution in [3.05, 3.63) is 54.4 Å². The molecule has 2 heterocycles. The van der Waals surface area contributed by atoms with E-state index in [0.717, 1.165) is 30.5 Å². The largest absolute Gasteiger partial charge is 0.451 e. The minimum absolute atomic E-state index is 0.101. The maximum absolute atomic E-state index is 12.9. The summed E-state index contributed by atoms with van der Waals surface area (Å²) in [6.45, 7) is 0.332. The van der Waals surface area contributed by atoms with Crippen molar-refractivity contribution in [2.75, 3.05) is 10.6 Å². The Morgan fingerprint density at radius 1 is 1.21 bits per heavy atom. The molecule has 4 rings (SSSR count). The van der Waals surface area contributed by atoms with Crippen LogP contribution in [0.15, 0.2) is 52.4 Å². The number of nitrogens with zero attached hydrogens (tertiary/aromatic N) is 4. The van der Waals surface area contributed by atoms with Crippen LogP contribution < -0.4 is 10.6 Å². The average Bonchev–Trinajstić information content (AvgIpc) is 3.11. The highest BCUT2D eigenvalue weighted by Gasteiger charge is 2.31. The molecule has 2 N–H and O–H groups in total. The summed E-state index contributed by atoms with van der Waals surface area (Å²) in [5.41, 5.74) is 3.74. The number of alkyl halides is 3. The number of rotatable bonds is 6. The first-order chi connectivity index (χ1) is 13.9. The Balaban J connectivity index is 1.78. The first kappa shape index (κ1) is 19.6. The predicted molar refractivity (Wildman–Crippen MR) is 104 cm³/mol. The van der Waals surface area contributed by atoms with Crippen molar-refractivity contribution in [1.82, 2.24) is 15.0 Å². The van der Waals surface area contributed by atoms with E-state index in [1.807, 2.05) is 4.90 Å². The molecular weight excluding hydrogens is 403 g/mol. The van der Waals surface area contributed by atoms with E-state index < -0.39 is 5.51 Å². The number of aromatic nitrogens is 3. The maximum Gasteiger partial charge on any atom is 0.446 e. The Morgan fingerprint density at radius 2 is 2.03 bits per heavy atom. The minimum Gasteiger partial charge on any atom is -0.451 e. The summed E-state index contributed by atoms with van der Waals surface area (Å²) in [6.07, 6.45) is 7.34. The first-order valence-electron chi connectivity index (χ1n) is 9.02. The van der Waals surface area contributed by atoms with Crippen LogP contribution in [0, 0.1) is 0 Å². The van der Waals surface area contributed by atoms with Gasteiger partial charge < -0.3 is 15.1 Å². The number of hydrogen-bond acceptors (Lipinski definition) is 7. The molecule has 29 heavy (non-hydrogen) atoms. The van der Waals surface area contributed by atoms with Gasteiger partial charge in [0, 0.05) is 16.8 Å². The van der Waals surface area contributed by atoms with Crippen molar-refractivity contribution < 1.29 is 17.6 Å². The molecular formula is C19H18F3N5OS. The Bertz CT molecular complexity index is 976. The Morgan fingerprint density at radius 3 is 2.66 bits per heavy atom. The van der Waals surface area contributed by atoms with Gasteiger partial charge in [-0.05, 0) is 60.4 Å². The fraction of sp³-hybridized carbons (Fsp3) is 0.316. The second-order valence-electron chi connectivity index (χ2n) is 6.74. The van der Waals surface area contributed by atoms with Crippen molar-refractivity contribution >= 4 is 29.2 Å². The summed E-state index contributed by atoms with van der Waals surface area (Å²) in [6, 6.07) is 6.53. The highest BCUT2D eigenvalue weighted by atomic mass is 32.2. The SMILES string of the molecule is Nc1nccc(N(Cc2cocn2)c2ccc(SC(F)(F)F)cc2C2CCC2)n1. The van der Waals surface area contributed by atoms with E-state index in [0.29, 0.717) is 18.1 Å². The molecule has 10 heteroatoms. The first-order valence-corrected chi connectivity index (χ1v) is 9.83. The molecule has 1 aliphatic rings. The van der Waals surface area contributed by atoms with Gasteiger partial charge in [-0.15, -0.1) is 0 Å². The second-order valence-corrected chi connectivity index (χ2v) is 7.87. The lowest BCUT2D eigenvalue weighted by Crippen LogP contribution is -2.22. The fourth-order valence-corrected chi connectivity index (χ4v) is 3.89. The highest BCUT2D eigenvalue weighted by molar-refractivity contribution is 8.00. The van der Waals surface area contributed by atoms with E-state index in [-0.39, 0.29) is 28.5 Å². The van der Waals surface area contributed by atoms with Crippen LogP contribution >= 0.6 is 11.8 Å². The van der Waals surface area contributed by atoms with Crippen LogP contribution in [-0.2, 0) is 6.54 Å². The molecule has 0 amide bonds. The van der Waals surface area contributed by atoms with Crippen LogP contribution in [0.4, 0.5) is 30.6 Å². The minimum atomic E-state index is -4.33. The monoisotopic (exact) mass is 421 g/mol. The number of nitrogen functional groups attached to an aromatic ring is 1. The van der Waals surface area contributed by atoms with Gasteiger partial charge in [-0.25, -0.2) is 9.97 Å². The zero-order valence-corrected chi connectivity index (χ0v) is 16.1. The number of thioether (sulfide) groups is 1. The summed E-state index contributed by atoms with van der Waals surface area (Å²) in [5.74, 6) is 0.858. The van der Waals surface area contributed by atoms with Crippen molar-refractivity contribution in [3.63, 3.8) is 0 Å². The topological polar surface area (TPSA) is 81.1 Å². The molecule has 0 unspecified atom stereocenters. The third-order valence-electron chi connectivity index (χ3n) is 4.81. The van der Waals surface area contributed by atoms with E-state index in [1.54, 1.807) is 24.4 Å². The van der Waals surface area contributed by atoms with E-state index in [9.17, 15) is 13.2 Å². The molecule has 1 aromatic carbocycles. The van der Waals surface area contributed by atoms with E-state index in [2.05, 4.69) is 15.0 Å². The van der Waals surface area contributed by atoms with Crippen molar-refractivity contribution in [2.45, 2.75) is 42.1 Å². The van der Waals surface area contributed by atoms with Crippen LogP contribution in [-0.4, -0.2) is 20.5 Å². The van der Waals surface area contributed by atoms with Gasteiger partial charge in [0.1, 0.15) is 12.1 Å². The van der Waals surface area contributed by atoms with Crippen LogP contribution in [0.2, 0.25) is 0 Å². The lowest BCUT2D eigenvalue weighted by atomic mass is 9.79. The molecule has 2 aromatic heterocycles. The zero-order chi connectivity index (χ0) is 20.4. The fourth-order valence-electron chi connectivity index (χ4n) is 3.30. The van der Waals surface area contributed by atoms with Gasteiger partial charge in [0.2, 0.25) is 5.95 Å². The normalized spacial score (nSPS) is 14.6. The van der Waals surface area contributed by atoms with E-state index in [1.165, 1.54) is 18.7 Å². The van der Waals surface area contributed by atoms with Crippen molar-refractivity contribution in [3.8, 4) is 0 Å². The molecule has 1 aliphatic carbocycles. The van der Waals surface area contributed by atoms with Gasteiger partial charge in [0.05, 0.1) is 12.2 Å². The van der Waals surface area contributed by atoms with Crippen molar-refractivity contribution in [2.24, 2.45) is 0 Å². The Hall–Kier alpha value is -2.75. The number of nitrogens with two attached hydrogens (primary N) is 1. The summed E-state index contributed by atoms with van der Waals surface area (Å²) in [4.78, 5) is 14.5. The molecule has 0 atom stereocenters. The van der Waals surface area contributed by atoms with Crippen LogP contribution in [0.25, 0.3) is 0 Å². The quantitative estimate of drug-likeness (QED) is 0.543. The van der Waals surface area contributed by atoms with Gasteiger partial charge >= 0.3 is 5.51 Å². The number of anilines is 3. The van der Waals surface area contributed by atoms with E-state index in [4.69, 9.17) is 10.2 Å². The van der Waals surface area contributed by atoms with Crippen molar-refractivity contribution in [1.29, 1.82) is 0 Å². The standard InChI is InChI=1S/C19H18F3N5OS/c20-19(21,22)29-14-4-5-16(15(8-14)12-2-1-3-12)27(9-13-10-28-11-25-13)17-6-7-24-18(23)26-17/h4-8,10-12H,1-3,9H2,(H2,23,24,26). The summed E-state index contributed by atoms with van der Waals surface area (Å²) >= 11 is -0.101. The van der Waals surface area contributed by atoms with Gasteiger partial charge in [-0.1, -0.05) is 6.42 Å². The molecule has 0 bridgehead atoms. The molecule has 3 aromatic rings. The van der Waals surface area contributed by atoms with Crippen LogP contribution in [0.5, 0.6) is 0 Å². The number of hydrogen-bond donors (Lipinski definition) is 1. The zero-order valence-electron chi connectivity index (χ0n) is 15.3.